The minimum absolute atomic E-state index is 0.0795. The van der Waals surface area contributed by atoms with Crippen molar-refractivity contribution in [1.29, 1.82) is 0 Å². The molecular formula is C24H37NO5. The van der Waals surface area contributed by atoms with E-state index in [-0.39, 0.29) is 46.8 Å². The summed E-state index contributed by atoms with van der Waals surface area (Å²) in [7, 11) is 0. The van der Waals surface area contributed by atoms with Gasteiger partial charge in [0, 0.05) is 31.6 Å². The Bertz CT molecular complexity index is 750. The van der Waals surface area contributed by atoms with E-state index in [0.717, 1.165) is 50.7 Å². The molecule has 0 unspecified atom stereocenters. The van der Waals surface area contributed by atoms with Crippen LogP contribution in [0.15, 0.2) is 5.16 Å². The molecule has 4 fully saturated rings. The number of carbonyl (C=O) groups is 2. The first-order valence-electron chi connectivity index (χ1n) is 11.7. The predicted molar refractivity (Wildman–Crippen MR) is 112 cm³/mol. The van der Waals surface area contributed by atoms with Gasteiger partial charge >= 0.3 is 11.9 Å². The highest BCUT2D eigenvalue weighted by molar-refractivity contribution is 5.92. The highest BCUT2D eigenvalue weighted by Crippen LogP contribution is 2.69. The van der Waals surface area contributed by atoms with E-state index in [1.54, 1.807) is 0 Å². The second-order valence-corrected chi connectivity index (χ2v) is 10.9. The molecule has 4 aliphatic carbocycles. The van der Waals surface area contributed by atoms with Gasteiger partial charge in [-0.3, -0.25) is 9.59 Å². The highest BCUT2D eigenvalue weighted by atomic mass is 16.5. The Morgan fingerprint density at radius 3 is 2.33 bits per heavy atom. The molecule has 1 N–H and O–H groups in total. The molecule has 0 aromatic rings. The molecule has 4 saturated carbocycles. The van der Waals surface area contributed by atoms with Crippen LogP contribution in [0.3, 0.4) is 0 Å². The Balaban J connectivity index is 1.62. The van der Waals surface area contributed by atoms with Crippen LogP contribution in [0, 0.1) is 40.4 Å². The number of hydrogen-bond donors (Lipinski definition) is 1. The van der Waals surface area contributed by atoms with Crippen LogP contribution in [0.1, 0.15) is 79.6 Å². The molecule has 0 saturated heterocycles. The lowest BCUT2D eigenvalue weighted by molar-refractivity contribution is -0.153. The lowest BCUT2D eigenvalue weighted by Crippen LogP contribution is -2.46. The molecule has 0 spiro atoms. The third-order valence-corrected chi connectivity index (χ3v) is 9.56. The largest absolute Gasteiger partial charge is 0.463 e. The van der Waals surface area contributed by atoms with Crippen LogP contribution in [-0.4, -0.2) is 35.1 Å². The van der Waals surface area contributed by atoms with Crippen molar-refractivity contribution < 1.29 is 24.3 Å². The number of oxime groups is 1. The summed E-state index contributed by atoms with van der Waals surface area (Å²) >= 11 is 0. The van der Waals surface area contributed by atoms with E-state index in [4.69, 9.17) is 9.47 Å². The number of hydrogen-bond acceptors (Lipinski definition) is 6. The number of esters is 2. The average molecular weight is 420 g/mol. The Hall–Kier alpha value is -1.59. The van der Waals surface area contributed by atoms with Crippen molar-refractivity contribution in [2.24, 2.45) is 45.6 Å². The minimum atomic E-state index is -0.229. The summed E-state index contributed by atoms with van der Waals surface area (Å²) in [6.07, 6.45) is 6.88. The maximum Gasteiger partial charge on any atom is 0.302 e. The van der Waals surface area contributed by atoms with Crippen LogP contribution in [-0.2, 0) is 19.1 Å². The third kappa shape index (κ3) is 3.16. The van der Waals surface area contributed by atoms with Crippen LogP contribution in [0.25, 0.3) is 0 Å². The summed E-state index contributed by atoms with van der Waals surface area (Å²) in [4.78, 5) is 23.1. The quantitative estimate of drug-likeness (QED) is 0.411. The van der Waals surface area contributed by atoms with Gasteiger partial charge in [0.2, 0.25) is 0 Å². The molecule has 4 rings (SSSR count). The van der Waals surface area contributed by atoms with E-state index in [1.165, 1.54) is 13.8 Å². The molecule has 30 heavy (non-hydrogen) atoms. The standard InChI is InChI=1S/C24H37NO5/c1-13(29-14(2)26)17-6-7-18-21-19(9-11-23(17,18)4)24(5)10-8-16(30-15(3)27)12-20(24)22(21)25-28/h13,16-21,28H,6-12H2,1-5H3/b25-22-/t13-,16+,17-,18+,19+,20-,21+,23-,24-/m1/s1. The molecule has 0 aromatic carbocycles. The highest BCUT2D eigenvalue weighted by Gasteiger charge is 2.66. The van der Waals surface area contributed by atoms with Gasteiger partial charge in [0.15, 0.2) is 0 Å². The van der Waals surface area contributed by atoms with Gasteiger partial charge in [-0.15, -0.1) is 0 Å². The monoisotopic (exact) mass is 419 g/mol. The van der Waals surface area contributed by atoms with Crippen LogP contribution >= 0.6 is 0 Å². The van der Waals surface area contributed by atoms with Crippen molar-refractivity contribution in [1.82, 2.24) is 0 Å². The second kappa shape index (κ2) is 7.52. The number of ether oxygens (including phenoxy) is 2. The predicted octanol–water partition coefficient (Wildman–Crippen LogP) is 4.58. The van der Waals surface area contributed by atoms with Crippen molar-refractivity contribution in [3.63, 3.8) is 0 Å². The molecule has 6 heteroatoms. The average Bonchev–Trinajstić information content (AvgIpc) is 3.12. The third-order valence-electron chi connectivity index (χ3n) is 9.56. The summed E-state index contributed by atoms with van der Waals surface area (Å²) in [5.41, 5.74) is 1.13. The van der Waals surface area contributed by atoms with Crippen molar-refractivity contribution in [3.05, 3.63) is 0 Å². The first-order valence-corrected chi connectivity index (χ1v) is 11.7. The van der Waals surface area contributed by atoms with Crippen molar-refractivity contribution in [3.8, 4) is 0 Å². The maximum absolute atomic E-state index is 11.6. The molecule has 0 aromatic heterocycles. The number of nitrogens with zero attached hydrogens (tertiary/aromatic N) is 1. The van der Waals surface area contributed by atoms with E-state index in [2.05, 4.69) is 19.0 Å². The summed E-state index contributed by atoms with van der Waals surface area (Å²) < 4.78 is 11.2. The zero-order valence-electron chi connectivity index (χ0n) is 19.0. The molecule has 0 aliphatic heterocycles. The lowest BCUT2D eigenvalue weighted by Gasteiger charge is -2.50. The molecule has 9 atom stereocenters. The summed E-state index contributed by atoms with van der Waals surface area (Å²) in [6, 6.07) is 0. The van der Waals surface area contributed by atoms with Crippen molar-refractivity contribution in [2.75, 3.05) is 0 Å². The van der Waals surface area contributed by atoms with Crippen LogP contribution in [0.5, 0.6) is 0 Å². The van der Waals surface area contributed by atoms with E-state index in [0.29, 0.717) is 17.8 Å². The zero-order valence-corrected chi connectivity index (χ0v) is 19.0. The Labute approximate surface area is 179 Å². The Morgan fingerprint density at radius 1 is 1.03 bits per heavy atom. The molecule has 0 heterocycles. The molecule has 0 radical (unpaired) electrons. The summed E-state index contributed by atoms with van der Waals surface area (Å²) in [5, 5.41) is 14.1. The SMILES string of the molecule is CC(=O)O[C@H]1CC[C@@]2(C)[C@H](C1)/C(=N/O)[C@@H]1[C@@H]2CC[C@]2(C)[C@@H]([C@@H](C)OC(C)=O)CC[C@@H]12. The van der Waals surface area contributed by atoms with Crippen molar-refractivity contribution >= 4 is 17.7 Å². The molecule has 0 amide bonds. The van der Waals surface area contributed by atoms with E-state index < -0.39 is 0 Å². The van der Waals surface area contributed by atoms with Gasteiger partial charge in [0.05, 0.1) is 5.71 Å². The fraction of sp³-hybridized carbons (Fsp3) is 0.875. The number of rotatable bonds is 3. The second-order valence-electron chi connectivity index (χ2n) is 10.9. The van der Waals surface area contributed by atoms with E-state index in [9.17, 15) is 14.8 Å². The van der Waals surface area contributed by atoms with Gasteiger partial charge in [0.1, 0.15) is 12.2 Å². The van der Waals surface area contributed by atoms with Crippen LogP contribution in [0.2, 0.25) is 0 Å². The van der Waals surface area contributed by atoms with E-state index in [1.807, 2.05) is 6.92 Å². The number of fused-ring (bicyclic) bond motifs is 5. The van der Waals surface area contributed by atoms with Crippen molar-refractivity contribution in [2.45, 2.75) is 91.8 Å². The minimum Gasteiger partial charge on any atom is -0.463 e. The smallest absolute Gasteiger partial charge is 0.302 e. The van der Waals surface area contributed by atoms with Gasteiger partial charge < -0.3 is 14.7 Å². The Kier molecular flexibility index (Phi) is 5.43. The number of carbonyl (C=O) groups excluding carboxylic acids is 2. The normalized spacial score (nSPS) is 47.2. The molecule has 6 nitrogen and oxygen atoms in total. The van der Waals surface area contributed by atoms with Crippen LogP contribution < -0.4 is 0 Å². The zero-order chi connectivity index (χ0) is 21.8. The summed E-state index contributed by atoms with van der Waals surface area (Å²) in [6.45, 7) is 9.73. The molecule has 4 aliphatic rings. The Morgan fingerprint density at radius 2 is 1.70 bits per heavy atom. The summed E-state index contributed by atoms with van der Waals surface area (Å²) in [5.74, 6) is 1.30. The molecular weight excluding hydrogens is 382 g/mol. The molecule has 0 bridgehead atoms. The van der Waals surface area contributed by atoms with Gasteiger partial charge in [0.25, 0.3) is 0 Å². The van der Waals surface area contributed by atoms with E-state index >= 15 is 0 Å². The van der Waals surface area contributed by atoms with Gasteiger partial charge in [-0.2, -0.15) is 0 Å². The van der Waals surface area contributed by atoms with Gasteiger partial charge in [-0.25, -0.2) is 0 Å². The first-order chi connectivity index (χ1) is 14.1. The maximum atomic E-state index is 11.6. The van der Waals surface area contributed by atoms with Crippen LogP contribution in [0.4, 0.5) is 0 Å². The lowest BCUT2D eigenvalue weighted by atomic mass is 9.54. The van der Waals surface area contributed by atoms with Gasteiger partial charge in [-0.05, 0) is 74.5 Å². The fourth-order valence-electron chi connectivity index (χ4n) is 8.36. The first kappa shape index (κ1) is 21.6. The van der Waals surface area contributed by atoms with Gasteiger partial charge in [-0.1, -0.05) is 19.0 Å². The fourth-order valence-corrected chi connectivity index (χ4v) is 8.36. The topological polar surface area (TPSA) is 85.2 Å². The molecule has 168 valence electrons.